The van der Waals surface area contributed by atoms with Crippen LogP contribution in [0.4, 0.5) is 5.69 Å². The quantitative estimate of drug-likeness (QED) is 0.623. The number of amides is 1. The number of aromatic nitrogens is 2. The van der Waals surface area contributed by atoms with Crippen LogP contribution in [-0.4, -0.2) is 32.6 Å². The lowest BCUT2D eigenvalue weighted by Crippen LogP contribution is -2.33. The number of aryl methyl sites for hydroxylation is 1. The monoisotopic (exact) mass is 306 g/mol. The van der Waals surface area contributed by atoms with Crippen LogP contribution in [0.3, 0.4) is 0 Å². The van der Waals surface area contributed by atoms with Crippen molar-refractivity contribution in [2.45, 2.75) is 33.4 Å². The molecule has 0 bridgehead atoms. The predicted molar refractivity (Wildman–Crippen MR) is 78.2 cm³/mol. The van der Waals surface area contributed by atoms with E-state index in [4.69, 9.17) is 4.42 Å². The van der Waals surface area contributed by atoms with Gasteiger partial charge in [0.25, 0.3) is 0 Å². The number of nitrogens with zero attached hydrogens (tertiary/aromatic N) is 4. The third-order valence-corrected chi connectivity index (χ3v) is 3.74. The molecule has 0 aromatic carbocycles. The fourth-order valence-corrected chi connectivity index (χ4v) is 2.28. The molecule has 0 aliphatic heterocycles. The van der Waals surface area contributed by atoms with E-state index in [1.54, 1.807) is 39.3 Å². The number of nitro groups is 1. The summed E-state index contributed by atoms with van der Waals surface area (Å²) in [5, 5.41) is 15.1. The summed E-state index contributed by atoms with van der Waals surface area (Å²) in [6.07, 6.45) is 1.55. The van der Waals surface area contributed by atoms with Crippen molar-refractivity contribution in [3.05, 3.63) is 45.7 Å². The summed E-state index contributed by atoms with van der Waals surface area (Å²) >= 11 is 0. The zero-order chi connectivity index (χ0) is 16.4. The van der Waals surface area contributed by atoms with Gasteiger partial charge >= 0.3 is 5.69 Å². The second kappa shape index (κ2) is 6.00. The highest BCUT2D eigenvalue weighted by molar-refractivity contribution is 5.76. The van der Waals surface area contributed by atoms with Crippen molar-refractivity contribution in [3.8, 4) is 0 Å². The van der Waals surface area contributed by atoms with E-state index in [1.165, 1.54) is 9.58 Å². The minimum Gasteiger partial charge on any atom is -0.467 e. The molecule has 2 rings (SSSR count). The topological polar surface area (TPSA) is 94.4 Å². The second-order valence-corrected chi connectivity index (χ2v) is 5.13. The second-order valence-electron chi connectivity index (χ2n) is 5.13. The van der Waals surface area contributed by atoms with Crippen LogP contribution in [0.2, 0.25) is 0 Å². The van der Waals surface area contributed by atoms with Gasteiger partial charge in [-0.05, 0) is 32.9 Å². The lowest BCUT2D eigenvalue weighted by atomic mass is 10.2. The van der Waals surface area contributed by atoms with Crippen LogP contribution >= 0.6 is 0 Å². The summed E-state index contributed by atoms with van der Waals surface area (Å²) < 4.78 is 6.65. The first-order valence-corrected chi connectivity index (χ1v) is 6.80. The van der Waals surface area contributed by atoms with E-state index < -0.39 is 4.92 Å². The minimum atomic E-state index is -0.478. The van der Waals surface area contributed by atoms with Crippen molar-refractivity contribution in [2.24, 2.45) is 0 Å². The molecule has 0 aliphatic rings. The molecule has 8 heteroatoms. The molecule has 2 heterocycles. The summed E-state index contributed by atoms with van der Waals surface area (Å²) in [5.74, 6) is 0.472. The Morgan fingerprint density at radius 3 is 2.73 bits per heavy atom. The third kappa shape index (κ3) is 2.85. The summed E-state index contributed by atoms with van der Waals surface area (Å²) in [6.45, 7) is 4.94. The Morgan fingerprint density at radius 2 is 2.23 bits per heavy atom. The number of rotatable bonds is 5. The van der Waals surface area contributed by atoms with Crippen molar-refractivity contribution < 1.29 is 14.1 Å². The average molecular weight is 306 g/mol. The molecule has 0 saturated carbocycles. The molecule has 1 unspecified atom stereocenters. The van der Waals surface area contributed by atoms with Crippen molar-refractivity contribution in [1.82, 2.24) is 14.7 Å². The molecule has 2 aromatic heterocycles. The van der Waals surface area contributed by atoms with Gasteiger partial charge in [-0.3, -0.25) is 19.6 Å². The summed E-state index contributed by atoms with van der Waals surface area (Å²) in [6, 6.07) is 3.33. The van der Waals surface area contributed by atoms with Crippen LogP contribution < -0.4 is 0 Å². The van der Waals surface area contributed by atoms with Crippen LogP contribution in [0.1, 0.15) is 30.1 Å². The molecule has 2 aromatic rings. The maximum absolute atomic E-state index is 12.3. The van der Waals surface area contributed by atoms with Gasteiger partial charge in [0.2, 0.25) is 5.91 Å². The maximum atomic E-state index is 12.3. The van der Waals surface area contributed by atoms with Crippen molar-refractivity contribution >= 4 is 11.6 Å². The van der Waals surface area contributed by atoms with E-state index in [0.29, 0.717) is 17.1 Å². The summed E-state index contributed by atoms with van der Waals surface area (Å²) in [4.78, 5) is 24.4. The Kier molecular flexibility index (Phi) is 4.30. The largest absolute Gasteiger partial charge is 0.467 e. The third-order valence-electron chi connectivity index (χ3n) is 3.74. The van der Waals surface area contributed by atoms with Crippen molar-refractivity contribution in [1.29, 1.82) is 0 Å². The van der Waals surface area contributed by atoms with Crippen LogP contribution in [0.5, 0.6) is 0 Å². The molecule has 22 heavy (non-hydrogen) atoms. The standard InChI is InChI=1S/C14H18N4O4/c1-9-14(18(20)21)11(3)17(15-9)8-13(19)16(4)10(2)12-6-5-7-22-12/h5-7,10H,8H2,1-4H3. The molecule has 0 radical (unpaired) electrons. The van der Waals surface area contributed by atoms with E-state index in [1.807, 2.05) is 6.92 Å². The van der Waals surface area contributed by atoms with E-state index in [-0.39, 0.29) is 24.2 Å². The molecule has 0 spiro atoms. The first-order chi connectivity index (χ1) is 10.3. The highest BCUT2D eigenvalue weighted by Crippen LogP contribution is 2.23. The molecule has 1 atom stereocenters. The van der Waals surface area contributed by atoms with Gasteiger partial charge in [0.15, 0.2) is 0 Å². The van der Waals surface area contributed by atoms with Crippen molar-refractivity contribution in [3.63, 3.8) is 0 Å². The number of carbonyl (C=O) groups excluding carboxylic acids is 1. The molecule has 0 saturated heterocycles. The van der Waals surface area contributed by atoms with E-state index >= 15 is 0 Å². The fourth-order valence-electron chi connectivity index (χ4n) is 2.28. The lowest BCUT2D eigenvalue weighted by Gasteiger charge is -2.23. The van der Waals surface area contributed by atoms with Gasteiger partial charge in [-0.1, -0.05) is 0 Å². The molecular weight excluding hydrogens is 288 g/mol. The van der Waals surface area contributed by atoms with Crippen molar-refractivity contribution in [2.75, 3.05) is 7.05 Å². The lowest BCUT2D eigenvalue weighted by molar-refractivity contribution is -0.386. The molecule has 0 N–H and O–H groups in total. The SMILES string of the molecule is Cc1nn(CC(=O)N(C)C(C)c2ccco2)c(C)c1[N+](=O)[O-]. The Bertz CT molecular complexity index is 690. The normalized spacial score (nSPS) is 12.2. The average Bonchev–Trinajstić information content (AvgIpc) is 3.06. The van der Waals surface area contributed by atoms with Gasteiger partial charge in [-0.15, -0.1) is 0 Å². The van der Waals surface area contributed by atoms with Gasteiger partial charge in [0.05, 0.1) is 17.2 Å². The molecule has 0 aliphatic carbocycles. The summed E-state index contributed by atoms with van der Waals surface area (Å²) in [7, 11) is 1.66. The van der Waals surface area contributed by atoms with Gasteiger partial charge in [0, 0.05) is 7.05 Å². The Hall–Kier alpha value is -2.64. The van der Waals surface area contributed by atoms with Gasteiger partial charge in [-0.25, -0.2) is 0 Å². The highest BCUT2D eigenvalue weighted by Gasteiger charge is 2.25. The zero-order valence-corrected chi connectivity index (χ0v) is 12.9. The first-order valence-electron chi connectivity index (χ1n) is 6.80. The molecule has 0 fully saturated rings. The minimum absolute atomic E-state index is 0.0467. The van der Waals surface area contributed by atoms with E-state index in [2.05, 4.69) is 5.10 Å². The maximum Gasteiger partial charge on any atom is 0.312 e. The van der Waals surface area contributed by atoms with Gasteiger partial charge < -0.3 is 9.32 Å². The number of likely N-dealkylation sites (N-methyl/N-ethyl adjacent to an activating group) is 1. The number of carbonyl (C=O) groups is 1. The Morgan fingerprint density at radius 1 is 1.55 bits per heavy atom. The Balaban J connectivity index is 2.15. The molecular formula is C14H18N4O4. The molecule has 118 valence electrons. The fraction of sp³-hybridized carbons (Fsp3) is 0.429. The number of hydrogen-bond acceptors (Lipinski definition) is 5. The van der Waals surface area contributed by atoms with Crippen LogP contribution in [-0.2, 0) is 11.3 Å². The van der Waals surface area contributed by atoms with E-state index in [0.717, 1.165) is 0 Å². The summed E-state index contributed by atoms with van der Waals surface area (Å²) in [5.41, 5.74) is 0.626. The van der Waals surface area contributed by atoms with Gasteiger partial charge in [0.1, 0.15) is 23.7 Å². The molecule has 1 amide bonds. The first kappa shape index (κ1) is 15.7. The highest BCUT2D eigenvalue weighted by atomic mass is 16.6. The Labute approximate surface area is 127 Å². The number of hydrogen-bond donors (Lipinski definition) is 0. The number of furan rings is 1. The smallest absolute Gasteiger partial charge is 0.312 e. The van der Waals surface area contributed by atoms with Crippen LogP contribution in [0.25, 0.3) is 0 Å². The molecule has 8 nitrogen and oxygen atoms in total. The van der Waals surface area contributed by atoms with E-state index in [9.17, 15) is 14.9 Å². The van der Waals surface area contributed by atoms with Gasteiger partial charge in [-0.2, -0.15) is 5.10 Å². The zero-order valence-electron chi connectivity index (χ0n) is 12.9. The predicted octanol–water partition coefficient (Wildman–Crippen LogP) is 2.22. The van der Waals surface area contributed by atoms with Crippen LogP contribution in [0, 0.1) is 24.0 Å². The van der Waals surface area contributed by atoms with Crippen LogP contribution in [0.15, 0.2) is 22.8 Å².